The lowest BCUT2D eigenvalue weighted by molar-refractivity contribution is -0.142. The van der Waals surface area contributed by atoms with E-state index in [-0.39, 0.29) is 12.5 Å². The molecule has 0 aliphatic heterocycles. The van der Waals surface area contributed by atoms with Gasteiger partial charge in [0.1, 0.15) is 0 Å². The summed E-state index contributed by atoms with van der Waals surface area (Å²) in [5.41, 5.74) is 2.93. The van der Waals surface area contributed by atoms with Crippen LogP contribution in [0, 0.1) is 6.92 Å². The summed E-state index contributed by atoms with van der Waals surface area (Å²) in [6.07, 6.45) is 1.72. The van der Waals surface area contributed by atoms with E-state index in [0.717, 1.165) is 16.5 Å². The van der Waals surface area contributed by atoms with Crippen LogP contribution in [0.5, 0.6) is 11.5 Å². The fourth-order valence-electron chi connectivity index (χ4n) is 2.74. The Hall–Kier alpha value is -3.61. The molecule has 0 saturated carbocycles. The Morgan fingerprint density at radius 2 is 1.89 bits per heavy atom. The smallest absolute Gasteiger partial charge is 0.343 e. The number of aromatic nitrogens is 1. The molecule has 0 aliphatic rings. The first kappa shape index (κ1) is 19.2. The molecule has 2 aromatic carbocycles. The highest BCUT2D eigenvalue weighted by Crippen LogP contribution is 2.29. The van der Waals surface area contributed by atoms with Crippen LogP contribution in [0.3, 0.4) is 0 Å². The largest absolute Gasteiger partial charge is 0.493 e. The standard InChI is InChI=1S/C21H20N2O5/c1-13-6-8-16(15-5-4-10-22-20(13)15)23-21(25)14-7-9-17(18(11-14)26-2)28-12-19(24)27-3/h4-11H,12H2,1-3H3,(H,23,25). The molecule has 0 fully saturated rings. The second-order valence-corrected chi connectivity index (χ2v) is 6.01. The molecule has 0 radical (unpaired) electrons. The Bertz CT molecular complexity index is 1030. The Balaban J connectivity index is 1.83. The van der Waals surface area contributed by atoms with E-state index >= 15 is 0 Å². The van der Waals surface area contributed by atoms with Gasteiger partial charge in [-0.3, -0.25) is 9.78 Å². The quantitative estimate of drug-likeness (QED) is 0.660. The molecular weight excluding hydrogens is 360 g/mol. The van der Waals surface area contributed by atoms with Gasteiger partial charge in [-0.1, -0.05) is 6.07 Å². The number of methoxy groups -OCH3 is 2. The number of aryl methyl sites for hydroxylation is 1. The zero-order chi connectivity index (χ0) is 20.1. The lowest BCUT2D eigenvalue weighted by atomic mass is 10.1. The van der Waals surface area contributed by atoms with Crippen molar-refractivity contribution in [2.24, 2.45) is 0 Å². The number of ether oxygens (including phenoxy) is 3. The first-order chi connectivity index (χ1) is 13.5. The molecule has 0 saturated heterocycles. The number of nitrogens with one attached hydrogen (secondary N) is 1. The van der Waals surface area contributed by atoms with E-state index in [2.05, 4.69) is 15.0 Å². The summed E-state index contributed by atoms with van der Waals surface area (Å²) in [5, 5.41) is 3.77. The van der Waals surface area contributed by atoms with Gasteiger partial charge in [-0.05, 0) is 48.9 Å². The number of carbonyl (C=O) groups excluding carboxylic acids is 2. The van der Waals surface area contributed by atoms with E-state index in [4.69, 9.17) is 9.47 Å². The summed E-state index contributed by atoms with van der Waals surface area (Å²) >= 11 is 0. The van der Waals surface area contributed by atoms with Gasteiger partial charge in [0.2, 0.25) is 0 Å². The minimum absolute atomic E-state index is 0.249. The number of nitrogens with zero attached hydrogens (tertiary/aromatic N) is 1. The van der Waals surface area contributed by atoms with Crippen LogP contribution >= 0.6 is 0 Å². The maximum absolute atomic E-state index is 12.7. The maximum Gasteiger partial charge on any atom is 0.343 e. The highest BCUT2D eigenvalue weighted by molar-refractivity contribution is 6.09. The molecule has 7 heteroatoms. The highest BCUT2D eigenvalue weighted by Gasteiger charge is 2.14. The summed E-state index contributed by atoms with van der Waals surface area (Å²) in [6, 6.07) is 12.2. The number of benzene rings is 2. The molecule has 0 unspecified atom stereocenters. The van der Waals surface area contributed by atoms with Gasteiger partial charge in [0.25, 0.3) is 5.91 Å². The molecule has 3 rings (SSSR count). The summed E-state index contributed by atoms with van der Waals surface area (Å²) in [5.74, 6) is -0.128. The van der Waals surface area contributed by atoms with Crippen LogP contribution < -0.4 is 14.8 Å². The molecule has 1 heterocycles. The van der Waals surface area contributed by atoms with Crippen LogP contribution in [-0.2, 0) is 9.53 Å². The monoisotopic (exact) mass is 380 g/mol. The average Bonchev–Trinajstić information content (AvgIpc) is 2.73. The zero-order valence-corrected chi connectivity index (χ0v) is 15.8. The molecule has 7 nitrogen and oxygen atoms in total. The van der Waals surface area contributed by atoms with Crippen molar-refractivity contribution in [1.29, 1.82) is 0 Å². The summed E-state index contributed by atoms with van der Waals surface area (Å²) < 4.78 is 15.2. The number of hydrogen-bond donors (Lipinski definition) is 1. The molecule has 0 spiro atoms. The van der Waals surface area contributed by atoms with E-state index < -0.39 is 5.97 Å². The van der Waals surface area contributed by atoms with E-state index in [1.807, 2.05) is 31.2 Å². The second kappa shape index (κ2) is 8.39. The van der Waals surface area contributed by atoms with Crippen molar-refractivity contribution in [1.82, 2.24) is 4.98 Å². The van der Waals surface area contributed by atoms with Crippen LogP contribution in [-0.4, -0.2) is 37.7 Å². The molecule has 144 valence electrons. The lowest BCUT2D eigenvalue weighted by Crippen LogP contribution is -2.14. The first-order valence-corrected chi connectivity index (χ1v) is 8.57. The minimum atomic E-state index is -0.510. The molecular formula is C21H20N2O5. The molecule has 0 aliphatic carbocycles. The van der Waals surface area contributed by atoms with Gasteiger partial charge >= 0.3 is 5.97 Å². The number of esters is 1. The van der Waals surface area contributed by atoms with Crippen LogP contribution in [0.1, 0.15) is 15.9 Å². The number of hydrogen-bond acceptors (Lipinski definition) is 6. The Morgan fingerprint density at radius 1 is 1.07 bits per heavy atom. The zero-order valence-electron chi connectivity index (χ0n) is 15.8. The molecule has 28 heavy (non-hydrogen) atoms. The van der Waals surface area contributed by atoms with Crippen molar-refractivity contribution in [3.8, 4) is 11.5 Å². The SMILES string of the molecule is COC(=O)COc1ccc(C(=O)Nc2ccc(C)c3ncccc23)cc1OC. The Labute approximate surface area is 162 Å². The van der Waals surface area contributed by atoms with E-state index in [1.54, 1.807) is 24.4 Å². The summed E-state index contributed by atoms with van der Waals surface area (Å²) in [7, 11) is 2.74. The van der Waals surface area contributed by atoms with Crippen LogP contribution in [0.25, 0.3) is 10.9 Å². The van der Waals surface area contributed by atoms with Crippen molar-refractivity contribution in [2.75, 3.05) is 26.1 Å². The molecule has 0 atom stereocenters. The van der Waals surface area contributed by atoms with E-state index in [1.165, 1.54) is 14.2 Å². The van der Waals surface area contributed by atoms with Gasteiger partial charge in [0.15, 0.2) is 18.1 Å². The van der Waals surface area contributed by atoms with Crippen LogP contribution in [0.2, 0.25) is 0 Å². The number of carbonyl (C=O) groups is 2. The molecule has 1 amide bonds. The second-order valence-electron chi connectivity index (χ2n) is 6.01. The molecule has 1 N–H and O–H groups in total. The lowest BCUT2D eigenvalue weighted by Gasteiger charge is -2.13. The summed E-state index contributed by atoms with van der Waals surface area (Å²) in [6.45, 7) is 1.72. The van der Waals surface area contributed by atoms with Gasteiger partial charge < -0.3 is 19.5 Å². The van der Waals surface area contributed by atoms with Gasteiger partial charge in [0, 0.05) is 17.1 Å². The number of rotatable bonds is 6. The minimum Gasteiger partial charge on any atom is -0.493 e. The van der Waals surface area contributed by atoms with Gasteiger partial charge in [0.05, 0.1) is 25.4 Å². The van der Waals surface area contributed by atoms with E-state index in [0.29, 0.717) is 22.7 Å². The highest BCUT2D eigenvalue weighted by atomic mass is 16.6. The van der Waals surface area contributed by atoms with Crippen molar-refractivity contribution in [3.05, 3.63) is 59.8 Å². The van der Waals surface area contributed by atoms with Gasteiger partial charge in [-0.25, -0.2) is 4.79 Å². The van der Waals surface area contributed by atoms with Crippen LogP contribution in [0.15, 0.2) is 48.7 Å². The van der Waals surface area contributed by atoms with Crippen LogP contribution in [0.4, 0.5) is 5.69 Å². The first-order valence-electron chi connectivity index (χ1n) is 8.57. The third kappa shape index (κ3) is 4.03. The van der Waals surface area contributed by atoms with Crippen molar-refractivity contribution >= 4 is 28.5 Å². The van der Waals surface area contributed by atoms with Gasteiger partial charge in [-0.2, -0.15) is 0 Å². The van der Waals surface area contributed by atoms with Crippen molar-refractivity contribution < 1.29 is 23.8 Å². The van der Waals surface area contributed by atoms with Gasteiger partial charge in [-0.15, -0.1) is 0 Å². The third-order valence-corrected chi connectivity index (χ3v) is 4.22. The Kier molecular flexibility index (Phi) is 5.74. The fraction of sp³-hybridized carbons (Fsp3) is 0.190. The van der Waals surface area contributed by atoms with E-state index in [9.17, 15) is 9.59 Å². The van der Waals surface area contributed by atoms with Crippen molar-refractivity contribution in [2.45, 2.75) is 6.92 Å². The number of amides is 1. The predicted octanol–water partition coefficient (Wildman–Crippen LogP) is 3.36. The Morgan fingerprint density at radius 3 is 2.64 bits per heavy atom. The maximum atomic E-state index is 12.7. The molecule has 0 bridgehead atoms. The normalized spacial score (nSPS) is 10.4. The average molecular weight is 380 g/mol. The number of pyridine rings is 1. The molecule has 1 aromatic heterocycles. The number of anilines is 1. The predicted molar refractivity (Wildman–Crippen MR) is 105 cm³/mol. The topological polar surface area (TPSA) is 86.8 Å². The fourth-order valence-corrected chi connectivity index (χ4v) is 2.74. The summed E-state index contributed by atoms with van der Waals surface area (Å²) in [4.78, 5) is 28.3. The third-order valence-electron chi connectivity index (χ3n) is 4.22. The number of fused-ring (bicyclic) bond motifs is 1. The van der Waals surface area contributed by atoms with Crippen molar-refractivity contribution in [3.63, 3.8) is 0 Å². The molecule has 3 aromatic rings.